The van der Waals surface area contributed by atoms with Crippen LogP contribution in [0.15, 0.2) is 23.8 Å². The largest absolute Gasteiger partial charge is 0.242 e. The van der Waals surface area contributed by atoms with Crippen molar-refractivity contribution in [3.8, 4) is 0 Å². The van der Waals surface area contributed by atoms with Crippen LogP contribution in [0.4, 0.5) is 4.39 Å². The second kappa shape index (κ2) is 3.21. The van der Waals surface area contributed by atoms with E-state index in [4.69, 9.17) is 0 Å². The lowest BCUT2D eigenvalue weighted by Gasteiger charge is -2.23. The molecule has 0 aromatic heterocycles. The molecule has 0 saturated carbocycles. The van der Waals surface area contributed by atoms with E-state index in [2.05, 4.69) is 13.8 Å². The Morgan fingerprint density at radius 1 is 1.45 bits per heavy atom. The summed E-state index contributed by atoms with van der Waals surface area (Å²) in [5.74, 6) is 0.535. The molecule has 1 aliphatic carbocycles. The van der Waals surface area contributed by atoms with E-state index in [0.717, 1.165) is 0 Å². The molecule has 0 aromatic carbocycles. The van der Waals surface area contributed by atoms with Gasteiger partial charge in [-0.3, -0.25) is 0 Å². The lowest BCUT2D eigenvalue weighted by atomic mass is 9.85. The third-order valence-corrected chi connectivity index (χ3v) is 2.25. The molecule has 2 unspecified atom stereocenters. The molecule has 1 heteroatoms. The van der Waals surface area contributed by atoms with E-state index in [9.17, 15) is 4.39 Å². The van der Waals surface area contributed by atoms with Gasteiger partial charge in [-0.1, -0.05) is 44.6 Å². The van der Waals surface area contributed by atoms with Crippen molar-refractivity contribution in [3.05, 3.63) is 23.8 Å². The molecule has 0 amide bonds. The van der Waals surface area contributed by atoms with Gasteiger partial charge in [0.05, 0.1) is 0 Å². The lowest BCUT2D eigenvalue weighted by Crippen LogP contribution is -2.18. The molecule has 0 spiro atoms. The Labute approximate surface area is 67.8 Å². The highest BCUT2D eigenvalue weighted by atomic mass is 19.1. The predicted molar refractivity (Wildman–Crippen MR) is 46.1 cm³/mol. The zero-order valence-electron chi connectivity index (χ0n) is 7.34. The summed E-state index contributed by atoms with van der Waals surface area (Å²) in [4.78, 5) is 0. The first kappa shape index (κ1) is 8.51. The third-order valence-electron chi connectivity index (χ3n) is 2.25. The topological polar surface area (TPSA) is 0 Å². The first-order valence-corrected chi connectivity index (χ1v) is 4.15. The predicted octanol–water partition coefficient (Wildman–Crippen LogP) is 3.11. The Balaban J connectivity index is 2.78. The van der Waals surface area contributed by atoms with Crippen LogP contribution in [0.25, 0.3) is 0 Å². The van der Waals surface area contributed by atoms with Gasteiger partial charge in [-0.2, -0.15) is 0 Å². The number of hydrogen-bond donors (Lipinski definition) is 0. The van der Waals surface area contributed by atoms with E-state index in [-0.39, 0.29) is 5.92 Å². The average molecular weight is 154 g/mol. The maximum absolute atomic E-state index is 13.1. The third kappa shape index (κ3) is 1.70. The monoisotopic (exact) mass is 154 g/mol. The second-order valence-electron chi connectivity index (χ2n) is 3.44. The zero-order valence-corrected chi connectivity index (χ0v) is 7.34. The lowest BCUT2D eigenvalue weighted by molar-refractivity contribution is 0.311. The quantitative estimate of drug-likeness (QED) is 0.544. The minimum Gasteiger partial charge on any atom is -0.242 e. The van der Waals surface area contributed by atoms with Crippen LogP contribution in [-0.4, -0.2) is 6.17 Å². The van der Waals surface area contributed by atoms with Crippen LogP contribution in [-0.2, 0) is 0 Å². The van der Waals surface area contributed by atoms with Crippen molar-refractivity contribution in [3.63, 3.8) is 0 Å². The molecular weight excluding hydrogens is 139 g/mol. The fourth-order valence-electron chi connectivity index (χ4n) is 1.49. The van der Waals surface area contributed by atoms with Crippen LogP contribution < -0.4 is 0 Å². The molecular formula is C10H15F. The van der Waals surface area contributed by atoms with Gasteiger partial charge in [0.25, 0.3) is 0 Å². The first-order valence-electron chi connectivity index (χ1n) is 4.15. The molecule has 1 aliphatic rings. The number of halogens is 1. The Morgan fingerprint density at radius 2 is 2.09 bits per heavy atom. The number of hydrogen-bond acceptors (Lipinski definition) is 0. The standard InChI is InChI=1S/C10H15F/c1-7(2)9-5-4-6-10(11)8(9)3/h4-8,10H,1-3H3. The number of allylic oxidation sites excluding steroid dienone is 4. The first-order chi connectivity index (χ1) is 5.13. The van der Waals surface area contributed by atoms with Crippen LogP contribution in [0.5, 0.6) is 0 Å². The highest BCUT2D eigenvalue weighted by molar-refractivity contribution is 5.24. The Morgan fingerprint density at radius 3 is 2.55 bits per heavy atom. The molecule has 0 radical (unpaired) electrons. The molecule has 0 N–H and O–H groups in total. The van der Waals surface area contributed by atoms with Crippen LogP contribution in [0.1, 0.15) is 20.8 Å². The van der Waals surface area contributed by atoms with Crippen molar-refractivity contribution in [1.29, 1.82) is 0 Å². The fraction of sp³-hybridized carbons (Fsp3) is 0.600. The molecule has 0 heterocycles. The van der Waals surface area contributed by atoms with Gasteiger partial charge < -0.3 is 0 Å². The molecule has 0 bridgehead atoms. The summed E-state index contributed by atoms with van der Waals surface area (Å²) in [5, 5.41) is 0. The molecule has 0 saturated heterocycles. The van der Waals surface area contributed by atoms with Crippen LogP contribution in [0.2, 0.25) is 0 Å². The molecule has 0 fully saturated rings. The van der Waals surface area contributed by atoms with Crippen molar-refractivity contribution in [2.24, 2.45) is 11.8 Å². The van der Waals surface area contributed by atoms with E-state index >= 15 is 0 Å². The van der Waals surface area contributed by atoms with Gasteiger partial charge in [-0.25, -0.2) is 4.39 Å². The summed E-state index contributed by atoms with van der Waals surface area (Å²) >= 11 is 0. The Hall–Kier alpha value is -0.590. The summed E-state index contributed by atoms with van der Waals surface area (Å²) in [6.07, 6.45) is 4.69. The summed E-state index contributed by atoms with van der Waals surface area (Å²) in [5.41, 5.74) is 1.22. The Kier molecular flexibility index (Phi) is 2.48. The van der Waals surface area contributed by atoms with Gasteiger partial charge in [0.2, 0.25) is 0 Å². The van der Waals surface area contributed by atoms with Crippen molar-refractivity contribution in [2.45, 2.75) is 26.9 Å². The summed E-state index contributed by atoms with van der Waals surface area (Å²) in [7, 11) is 0. The van der Waals surface area contributed by atoms with E-state index in [0.29, 0.717) is 5.92 Å². The normalized spacial score (nSPS) is 30.8. The highest BCUT2D eigenvalue weighted by Crippen LogP contribution is 2.28. The van der Waals surface area contributed by atoms with Crippen LogP contribution >= 0.6 is 0 Å². The molecule has 0 nitrogen and oxygen atoms in total. The van der Waals surface area contributed by atoms with E-state index in [1.54, 1.807) is 6.08 Å². The van der Waals surface area contributed by atoms with E-state index < -0.39 is 6.17 Å². The minimum absolute atomic E-state index is 0.0694. The zero-order chi connectivity index (χ0) is 8.43. The molecule has 2 atom stereocenters. The van der Waals surface area contributed by atoms with Gasteiger partial charge >= 0.3 is 0 Å². The van der Waals surface area contributed by atoms with Gasteiger partial charge in [-0.05, 0) is 5.92 Å². The average Bonchev–Trinajstić information content (AvgIpc) is 1.94. The van der Waals surface area contributed by atoms with E-state index in [1.807, 2.05) is 19.1 Å². The van der Waals surface area contributed by atoms with Gasteiger partial charge in [0.15, 0.2) is 0 Å². The molecule has 1 rings (SSSR count). The highest BCUT2D eigenvalue weighted by Gasteiger charge is 2.21. The van der Waals surface area contributed by atoms with Crippen molar-refractivity contribution in [1.82, 2.24) is 0 Å². The van der Waals surface area contributed by atoms with Crippen molar-refractivity contribution < 1.29 is 4.39 Å². The summed E-state index contributed by atoms with van der Waals surface area (Å²) in [6, 6.07) is 0. The second-order valence-corrected chi connectivity index (χ2v) is 3.44. The van der Waals surface area contributed by atoms with Crippen LogP contribution in [0.3, 0.4) is 0 Å². The van der Waals surface area contributed by atoms with E-state index in [1.165, 1.54) is 5.57 Å². The van der Waals surface area contributed by atoms with Gasteiger partial charge in [0, 0.05) is 5.92 Å². The number of rotatable bonds is 1. The SMILES string of the molecule is CC(C)C1=CC=CC(F)C1C. The molecule has 62 valence electrons. The maximum atomic E-state index is 13.1. The summed E-state index contributed by atoms with van der Waals surface area (Å²) in [6.45, 7) is 6.16. The number of alkyl halides is 1. The van der Waals surface area contributed by atoms with Gasteiger partial charge in [-0.15, -0.1) is 0 Å². The molecule has 0 aromatic rings. The fourth-order valence-corrected chi connectivity index (χ4v) is 1.49. The van der Waals surface area contributed by atoms with Crippen LogP contribution in [0, 0.1) is 11.8 Å². The van der Waals surface area contributed by atoms with Gasteiger partial charge in [0.1, 0.15) is 6.17 Å². The van der Waals surface area contributed by atoms with Crippen molar-refractivity contribution >= 4 is 0 Å². The molecule has 0 aliphatic heterocycles. The smallest absolute Gasteiger partial charge is 0.125 e. The maximum Gasteiger partial charge on any atom is 0.125 e. The summed E-state index contributed by atoms with van der Waals surface area (Å²) < 4.78 is 13.1. The van der Waals surface area contributed by atoms with Crippen molar-refractivity contribution in [2.75, 3.05) is 0 Å². The minimum atomic E-state index is -0.780. The molecule has 11 heavy (non-hydrogen) atoms. The Bertz CT molecular complexity index is 189.